The number of aliphatic hydroxyl groups is 1. The molecule has 2 unspecified atom stereocenters. The Morgan fingerprint density at radius 1 is 1.05 bits per heavy atom. The van der Waals surface area contributed by atoms with E-state index >= 15 is 0 Å². The maximum Gasteiger partial charge on any atom is 0.315 e. The fraction of sp³-hybridized carbons (Fsp3) is 0.235. The predicted octanol–water partition coefficient (Wildman–Crippen LogP) is 3.43. The number of nitrogens with one attached hydrogen (secondary N) is 2. The molecule has 0 fully saturated rings. The van der Waals surface area contributed by atoms with E-state index in [1.165, 1.54) is 0 Å². The smallest absolute Gasteiger partial charge is 0.315 e. The van der Waals surface area contributed by atoms with E-state index in [4.69, 9.17) is 11.6 Å². The van der Waals surface area contributed by atoms with E-state index in [0.717, 1.165) is 11.1 Å². The molecule has 3 N–H and O–H groups in total. The van der Waals surface area contributed by atoms with Crippen molar-refractivity contribution >= 4 is 17.6 Å². The molecular formula is C17H19ClN2O2. The Labute approximate surface area is 135 Å². The van der Waals surface area contributed by atoms with Gasteiger partial charge in [0.05, 0.1) is 18.7 Å². The van der Waals surface area contributed by atoms with E-state index in [2.05, 4.69) is 10.6 Å². The molecule has 0 radical (unpaired) electrons. The van der Waals surface area contributed by atoms with E-state index in [1.807, 2.05) is 49.4 Å². The van der Waals surface area contributed by atoms with Crippen LogP contribution in [0, 0.1) is 0 Å². The Kier molecular flexibility index (Phi) is 5.81. The first-order chi connectivity index (χ1) is 10.6. The number of carbonyl (C=O) groups excluding carboxylic acids is 1. The van der Waals surface area contributed by atoms with Gasteiger partial charge in [-0.05, 0) is 30.2 Å². The maximum atomic E-state index is 12.1. The van der Waals surface area contributed by atoms with E-state index in [-0.39, 0.29) is 18.7 Å². The summed E-state index contributed by atoms with van der Waals surface area (Å²) in [6.07, 6.45) is 0. The van der Waals surface area contributed by atoms with Crippen molar-refractivity contribution in [2.75, 3.05) is 6.61 Å². The van der Waals surface area contributed by atoms with Gasteiger partial charge in [0, 0.05) is 5.02 Å². The lowest BCUT2D eigenvalue weighted by atomic mass is 10.1. The van der Waals surface area contributed by atoms with Crippen molar-refractivity contribution in [3.63, 3.8) is 0 Å². The van der Waals surface area contributed by atoms with Crippen molar-refractivity contribution < 1.29 is 9.90 Å². The maximum absolute atomic E-state index is 12.1. The van der Waals surface area contributed by atoms with Gasteiger partial charge < -0.3 is 15.7 Å². The molecule has 2 aromatic carbocycles. The molecule has 0 spiro atoms. The monoisotopic (exact) mass is 318 g/mol. The Bertz CT molecular complexity index is 602. The molecule has 2 aromatic rings. The fourth-order valence-electron chi connectivity index (χ4n) is 2.15. The largest absolute Gasteiger partial charge is 0.394 e. The summed E-state index contributed by atoms with van der Waals surface area (Å²) < 4.78 is 0. The normalized spacial score (nSPS) is 13.2. The number of benzene rings is 2. The number of hydrogen-bond donors (Lipinski definition) is 3. The van der Waals surface area contributed by atoms with Gasteiger partial charge in [0.15, 0.2) is 0 Å². The average molecular weight is 319 g/mol. The molecule has 5 heteroatoms. The standard InChI is InChI=1S/C17H19ClN2O2/c1-12(13-7-9-15(18)10-8-13)19-17(22)20-16(11-21)14-5-3-2-4-6-14/h2-10,12,16,21H,11H2,1H3,(H2,19,20,22). The van der Waals surface area contributed by atoms with Crippen LogP contribution in [0.25, 0.3) is 0 Å². The van der Waals surface area contributed by atoms with Crippen molar-refractivity contribution in [1.29, 1.82) is 0 Å². The van der Waals surface area contributed by atoms with Crippen LogP contribution in [0.2, 0.25) is 5.02 Å². The summed E-state index contributed by atoms with van der Waals surface area (Å²) in [5.41, 5.74) is 1.82. The number of rotatable bonds is 5. The van der Waals surface area contributed by atoms with Crippen LogP contribution in [0.3, 0.4) is 0 Å². The van der Waals surface area contributed by atoms with Crippen LogP contribution in [0.5, 0.6) is 0 Å². The summed E-state index contributed by atoms with van der Waals surface area (Å²) >= 11 is 5.85. The van der Waals surface area contributed by atoms with Crippen LogP contribution in [-0.2, 0) is 0 Å². The number of carbonyl (C=O) groups is 1. The molecule has 2 rings (SSSR count). The SMILES string of the molecule is CC(NC(=O)NC(CO)c1ccccc1)c1ccc(Cl)cc1. The molecule has 0 saturated carbocycles. The lowest BCUT2D eigenvalue weighted by Crippen LogP contribution is -2.40. The van der Waals surface area contributed by atoms with Crippen molar-refractivity contribution in [2.45, 2.75) is 19.0 Å². The third-order valence-electron chi connectivity index (χ3n) is 3.41. The van der Waals surface area contributed by atoms with Crippen molar-refractivity contribution in [3.8, 4) is 0 Å². The van der Waals surface area contributed by atoms with Crippen LogP contribution in [-0.4, -0.2) is 17.7 Å². The molecule has 0 saturated heterocycles. The molecule has 0 aliphatic carbocycles. The molecule has 116 valence electrons. The van der Waals surface area contributed by atoms with Crippen molar-refractivity contribution in [1.82, 2.24) is 10.6 Å². The minimum absolute atomic E-state index is 0.160. The van der Waals surface area contributed by atoms with Crippen LogP contribution in [0.15, 0.2) is 54.6 Å². The number of halogens is 1. The molecule has 22 heavy (non-hydrogen) atoms. The van der Waals surface area contributed by atoms with Crippen molar-refractivity contribution in [3.05, 3.63) is 70.7 Å². The summed E-state index contributed by atoms with van der Waals surface area (Å²) in [7, 11) is 0. The van der Waals surface area contributed by atoms with Crippen LogP contribution in [0.4, 0.5) is 4.79 Å². The summed E-state index contributed by atoms with van der Waals surface area (Å²) in [6.45, 7) is 1.73. The molecule has 0 aliphatic rings. The van der Waals surface area contributed by atoms with Gasteiger partial charge in [0.2, 0.25) is 0 Å². The van der Waals surface area contributed by atoms with Crippen LogP contribution < -0.4 is 10.6 Å². The second kappa shape index (κ2) is 7.82. The zero-order valence-electron chi connectivity index (χ0n) is 12.3. The average Bonchev–Trinajstić information content (AvgIpc) is 2.54. The Morgan fingerprint density at radius 2 is 1.68 bits per heavy atom. The van der Waals surface area contributed by atoms with Gasteiger partial charge in [0.1, 0.15) is 0 Å². The Morgan fingerprint density at radius 3 is 2.27 bits per heavy atom. The lowest BCUT2D eigenvalue weighted by molar-refractivity contribution is 0.214. The molecule has 0 bridgehead atoms. The Balaban J connectivity index is 1.95. The van der Waals surface area contributed by atoms with E-state index in [1.54, 1.807) is 12.1 Å². The predicted molar refractivity (Wildman–Crippen MR) is 87.8 cm³/mol. The second-order valence-electron chi connectivity index (χ2n) is 5.04. The fourth-order valence-corrected chi connectivity index (χ4v) is 2.28. The summed E-state index contributed by atoms with van der Waals surface area (Å²) in [5.74, 6) is 0. The molecular weight excluding hydrogens is 300 g/mol. The molecule has 0 aromatic heterocycles. The highest BCUT2D eigenvalue weighted by molar-refractivity contribution is 6.30. The van der Waals surface area contributed by atoms with Gasteiger partial charge in [0.25, 0.3) is 0 Å². The minimum Gasteiger partial charge on any atom is -0.394 e. The molecule has 4 nitrogen and oxygen atoms in total. The number of aliphatic hydroxyl groups excluding tert-OH is 1. The highest BCUT2D eigenvalue weighted by atomic mass is 35.5. The minimum atomic E-state index is -0.432. The van der Waals surface area contributed by atoms with Crippen LogP contribution in [0.1, 0.15) is 30.1 Å². The van der Waals surface area contributed by atoms with Gasteiger partial charge in [-0.2, -0.15) is 0 Å². The first-order valence-corrected chi connectivity index (χ1v) is 7.46. The molecule has 0 heterocycles. The van der Waals surface area contributed by atoms with Gasteiger partial charge >= 0.3 is 6.03 Å². The summed E-state index contributed by atoms with van der Waals surface area (Å²) in [6, 6.07) is 15.7. The molecule has 0 aliphatic heterocycles. The zero-order chi connectivity index (χ0) is 15.9. The van der Waals surface area contributed by atoms with Gasteiger partial charge in [-0.25, -0.2) is 4.79 Å². The van der Waals surface area contributed by atoms with Gasteiger partial charge in [-0.15, -0.1) is 0 Å². The quantitative estimate of drug-likeness (QED) is 0.791. The van der Waals surface area contributed by atoms with E-state index in [0.29, 0.717) is 5.02 Å². The summed E-state index contributed by atoms with van der Waals surface area (Å²) in [4.78, 5) is 12.1. The molecule has 2 amide bonds. The van der Waals surface area contributed by atoms with E-state index < -0.39 is 6.04 Å². The topological polar surface area (TPSA) is 61.4 Å². The third-order valence-corrected chi connectivity index (χ3v) is 3.66. The lowest BCUT2D eigenvalue weighted by Gasteiger charge is -2.20. The van der Waals surface area contributed by atoms with Gasteiger partial charge in [-0.1, -0.05) is 54.1 Å². The highest BCUT2D eigenvalue weighted by Gasteiger charge is 2.15. The van der Waals surface area contributed by atoms with E-state index in [9.17, 15) is 9.90 Å². The number of hydrogen-bond acceptors (Lipinski definition) is 2. The van der Waals surface area contributed by atoms with Crippen molar-refractivity contribution in [2.24, 2.45) is 0 Å². The molecule has 2 atom stereocenters. The Hall–Kier alpha value is -2.04. The number of urea groups is 1. The summed E-state index contributed by atoms with van der Waals surface area (Å²) in [5, 5.41) is 15.7. The number of amides is 2. The third kappa shape index (κ3) is 4.48. The second-order valence-corrected chi connectivity index (χ2v) is 5.47. The van der Waals surface area contributed by atoms with Gasteiger partial charge in [-0.3, -0.25) is 0 Å². The van der Waals surface area contributed by atoms with Crippen LogP contribution >= 0.6 is 11.6 Å². The first-order valence-electron chi connectivity index (χ1n) is 7.08. The zero-order valence-corrected chi connectivity index (χ0v) is 13.0. The first kappa shape index (κ1) is 16.3. The highest BCUT2D eigenvalue weighted by Crippen LogP contribution is 2.16.